The van der Waals surface area contributed by atoms with Gasteiger partial charge in [0.1, 0.15) is 5.82 Å². The van der Waals surface area contributed by atoms with Crippen LogP contribution in [0.15, 0.2) is 24.3 Å². The van der Waals surface area contributed by atoms with Crippen LogP contribution in [0.25, 0.3) is 0 Å². The molecule has 0 aliphatic carbocycles. The van der Waals surface area contributed by atoms with E-state index in [0.29, 0.717) is 12.3 Å². The Morgan fingerprint density at radius 1 is 1.43 bits per heavy atom. The summed E-state index contributed by atoms with van der Waals surface area (Å²) in [6.45, 7) is 2.69. The highest BCUT2D eigenvalue weighted by molar-refractivity contribution is 5.44. The number of halogens is 1. The van der Waals surface area contributed by atoms with Crippen molar-refractivity contribution in [2.45, 2.75) is 19.4 Å². The van der Waals surface area contributed by atoms with Gasteiger partial charge >= 0.3 is 0 Å². The van der Waals surface area contributed by atoms with Crippen LogP contribution in [-0.2, 0) is 4.74 Å². The summed E-state index contributed by atoms with van der Waals surface area (Å²) >= 11 is 0. The number of hydrogen-bond donors (Lipinski definition) is 1. The molecule has 0 spiro atoms. The lowest BCUT2D eigenvalue weighted by molar-refractivity contribution is 0.191. The van der Waals surface area contributed by atoms with Gasteiger partial charge in [-0.1, -0.05) is 12.1 Å². The van der Waals surface area contributed by atoms with Crippen LogP contribution in [0.3, 0.4) is 0 Å². The number of anilines is 1. The summed E-state index contributed by atoms with van der Waals surface area (Å²) in [7, 11) is 1.66. The lowest BCUT2D eigenvalue weighted by Crippen LogP contribution is -2.17. The zero-order valence-electron chi connectivity index (χ0n) is 8.59. The van der Waals surface area contributed by atoms with Crippen molar-refractivity contribution < 1.29 is 9.13 Å². The normalized spacial score (nSPS) is 12.5. The summed E-state index contributed by atoms with van der Waals surface area (Å²) in [5.41, 5.74) is 0.552. The van der Waals surface area contributed by atoms with Crippen molar-refractivity contribution in [1.82, 2.24) is 0 Å². The molecule has 0 fully saturated rings. The van der Waals surface area contributed by atoms with Crippen LogP contribution in [0.2, 0.25) is 0 Å². The van der Waals surface area contributed by atoms with E-state index in [4.69, 9.17) is 4.74 Å². The Morgan fingerprint density at radius 3 is 2.79 bits per heavy atom. The monoisotopic (exact) mass is 197 g/mol. The molecule has 0 radical (unpaired) electrons. The van der Waals surface area contributed by atoms with Crippen molar-refractivity contribution in [2.75, 3.05) is 19.0 Å². The van der Waals surface area contributed by atoms with Crippen LogP contribution >= 0.6 is 0 Å². The second kappa shape index (κ2) is 5.60. The Morgan fingerprint density at radius 2 is 2.14 bits per heavy atom. The molecule has 0 aromatic heterocycles. The molecule has 0 bridgehead atoms. The Balaban J connectivity index is 2.47. The van der Waals surface area contributed by atoms with E-state index in [9.17, 15) is 4.39 Å². The Labute approximate surface area is 84.1 Å². The molecule has 14 heavy (non-hydrogen) atoms. The highest BCUT2D eigenvalue weighted by Gasteiger charge is 2.04. The molecule has 0 aliphatic rings. The second-order valence-corrected chi connectivity index (χ2v) is 3.31. The number of methoxy groups -OCH3 is 1. The van der Waals surface area contributed by atoms with Crippen molar-refractivity contribution in [3.8, 4) is 0 Å². The predicted octanol–water partition coefficient (Wildman–Crippen LogP) is 2.66. The molecule has 1 atom stereocenters. The first-order valence-corrected chi connectivity index (χ1v) is 4.74. The van der Waals surface area contributed by atoms with E-state index in [-0.39, 0.29) is 11.9 Å². The molecular formula is C11H16FNO. The van der Waals surface area contributed by atoms with Crippen molar-refractivity contribution >= 4 is 5.69 Å². The average molecular weight is 197 g/mol. The van der Waals surface area contributed by atoms with Crippen LogP contribution in [0.1, 0.15) is 13.3 Å². The SMILES string of the molecule is COCCC(C)Nc1ccccc1F. The fourth-order valence-electron chi connectivity index (χ4n) is 1.21. The van der Waals surface area contributed by atoms with E-state index in [1.807, 2.05) is 13.0 Å². The van der Waals surface area contributed by atoms with Gasteiger partial charge in [-0.25, -0.2) is 4.39 Å². The first-order chi connectivity index (χ1) is 6.74. The highest BCUT2D eigenvalue weighted by Crippen LogP contribution is 2.14. The molecule has 0 heterocycles. The lowest BCUT2D eigenvalue weighted by Gasteiger charge is -2.14. The standard InChI is InChI=1S/C11H16FNO/c1-9(7-8-14-2)13-11-6-4-3-5-10(11)12/h3-6,9,13H,7-8H2,1-2H3. The van der Waals surface area contributed by atoms with Crippen LogP contribution in [0, 0.1) is 5.82 Å². The first-order valence-electron chi connectivity index (χ1n) is 4.74. The molecule has 78 valence electrons. The van der Waals surface area contributed by atoms with E-state index >= 15 is 0 Å². The van der Waals surface area contributed by atoms with Crippen LogP contribution < -0.4 is 5.32 Å². The molecule has 3 heteroatoms. The lowest BCUT2D eigenvalue weighted by atomic mass is 10.2. The third-order valence-corrected chi connectivity index (χ3v) is 2.03. The third kappa shape index (κ3) is 3.34. The van der Waals surface area contributed by atoms with Gasteiger partial charge in [0.25, 0.3) is 0 Å². The summed E-state index contributed by atoms with van der Waals surface area (Å²) < 4.78 is 18.1. The summed E-state index contributed by atoms with van der Waals surface area (Å²) in [5, 5.41) is 3.09. The van der Waals surface area contributed by atoms with E-state index in [0.717, 1.165) is 6.42 Å². The van der Waals surface area contributed by atoms with Crippen LogP contribution in [-0.4, -0.2) is 19.8 Å². The maximum atomic E-state index is 13.2. The summed E-state index contributed by atoms with van der Waals surface area (Å²) in [4.78, 5) is 0. The van der Waals surface area contributed by atoms with Crippen LogP contribution in [0.4, 0.5) is 10.1 Å². The van der Waals surface area contributed by atoms with Crippen molar-refractivity contribution in [3.05, 3.63) is 30.1 Å². The Kier molecular flexibility index (Phi) is 4.40. The zero-order chi connectivity index (χ0) is 10.4. The van der Waals surface area contributed by atoms with E-state index in [2.05, 4.69) is 5.32 Å². The zero-order valence-corrected chi connectivity index (χ0v) is 8.59. The number of benzene rings is 1. The third-order valence-electron chi connectivity index (χ3n) is 2.03. The maximum Gasteiger partial charge on any atom is 0.146 e. The van der Waals surface area contributed by atoms with Gasteiger partial charge in [-0.3, -0.25) is 0 Å². The van der Waals surface area contributed by atoms with Gasteiger partial charge in [0.15, 0.2) is 0 Å². The maximum absolute atomic E-state index is 13.2. The van der Waals surface area contributed by atoms with Gasteiger partial charge in [0.05, 0.1) is 5.69 Å². The summed E-state index contributed by atoms with van der Waals surface area (Å²) in [5.74, 6) is -0.211. The van der Waals surface area contributed by atoms with E-state index < -0.39 is 0 Å². The molecule has 0 amide bonds. The minimum absolute atomic E-state index is 0.211. The topological polar surface area (TPSA) is 21.3 Å². The Bertz CT molecular complexity index is 278. The molecule has 1 aromatic rings. The van der Waals surface area contributed by atoms with E-state index in [1.165, 1.54) is 6.07 Å². The average Bonchev–Trinajstić information content (AvgIpc) is 2.18. The molecule has 1 N–H and O–H groups in total. The quantitative estimate of drug-likeness (QED) is 0.783. The number of nitrogens with one attached hydrogen (secondary N) is 1. The minimum atomic E-state index is -0.211. The molecule has 0 saturated carbocycles. The molecule has 0 aliphatic heterocycles. The fourth-order valence-corrected chi connectivity index (χ4v) is 1.21. The molecule has 0 saturated heterocycles. The van der Waals surface area contributed by atoms with Crippen LogP contribution in [0.5, 0.6) is 0 Å². The van der Waals surface area contributed by atoms with Gasteiger partial charge in [0.2, 0.25) is 0 Å². The number of ether oxygens (including phenoxy) is 1. The first kappa shape index (κ1) is 11.0. The smallest absolute Gasteiger partial charge is 0.146 e. The predicted molar refractivity (Wildman–Crippen MR) is 56.0 cm³/mol. The fraction of sp³-hybridized carbons (Fsp3) is 0.455. The molecular weight excluding hydrogens is 181 g/mol. The molecule has 1 aromatic carbocycles. The number of rotatable bonds is 5. The number of hydrogen-bond acceptors (Lipinski definition) is 2. The van der Waals surface area contributed by atoms with Crippen molar-refractivity contribution in [3.63, 3.8) is 0 Å². The molecule has 2 nitrogen and oxygen atoms in total. The van der Waals surface area contributed by atoms with Gasteiger partial charge in [0, 0.05) is 19.8 Å². The summed E-state index contributed by atoms with van der Waals surface area (Å²) in [6, 6.07) is 6.89. The van der Waals surface area contributed by atoms with Crippen molar-refractivity contribution in [1.29, 1.82) is 0 Å². The molecule has 1 rings (SSSR count). The van der Waals surface area contributed by atoms with Gasteiger partial charge < -0.3 is 10.1 Å². The highest BCUT2D eigenvalue weighted by atomic mass is 19.1. The van der Waals surface area contributed by atoms with E-state index in [1.54, 1.807) is 19.2 Å². The minimum Gasteiger partial charge on any atom is -0.385 e. The molecule has 1 unspecified atom stereocenters. The largest absolute Gasteiger partial charge is 0.385 e. The second-order valence-electron chi connectivity index (χ2n) is 3.31. The van der Waals surface area contributed by atoms with Gasteiger partial charge in [-0.15, -0.1) is 0 Å². The Hall–Kier alpha value is -1.09. The number of para-hydroxylation sites is 1. The van der Waals surface area contributed by atoms with Crippen molar-refractivity contribution in [2.24, 2.45) is 0 Å². The van der Waals surface area contributed by atoms with Gasteiger partial charge in [-0.05, 0) is 25.5 Å². The van der Waals surface area contributed by atoms with Gasteiger partial charge in [-0.2, -0.15) is 0 Å². The summed E-state index contributed by atoms with van der Waals surface area (Å²) in [6.07, 6.45) is 0.866.